The largest absolute Gasteiger partial charge is 0.497 e. The Kier molecular flexibility index (Phi) is 4.68. The Bertz CT molecular complexity index is 799. The molecular formula is C18H15NO3S. The lowest BCUT2D eigenvalue weighted by molar-refractivity contribution is 0.0992. The third-order valence-electron chi connectivity index (χ3n) is 3.09. The van der Waals surface area contributed by atoms with Crippen molar-refractivity contribution in [3.05, 3.63) is 72.5 Å². The predicted octanol–water partition coefficient (Wildman–Crippen LogP) is 4.69. The maximum absolute atomic E-state index is 12.2. The molecule has 0 fully saturated rings. The van der Waals surface area contributed by atoms with Crippen LogP contribution in [-0.4, -0.2) is 13.0 Å². The maximum Gasteiger partial charge on any atom is 0.291 e. The number of carbonyl (C=O) groups is 1. The number of benzene rings is 2. The van der Waals surface area contributed by atoms with Crippen LogP contribution < -0.4 is 10.1 Å². The number of furan rings is 1. The molecule has 5 heteroatoms. The van der Waals surface area contributed by atoms with Crippen LogP contribution in [0.25, 0.3) is 0 Å². The van der Waals surface area contributed by atoms with Crippen LogP contribution in [0.5, 0.6) is 5.75 Å². The molecule has 3 rings (SSSR count). The lowest BCUT2D eigenvalue weighted by atomic mass is 10.3. The van der Waals surface area contributed by atoms with E-state index in [1.165, 1.54) is 11.8 Å². The first-order valence-electron chi connectivity index (χ1n) is 7.03. The third kappa shape index (κ3) is 3.96. The predicted molar refractivity (Wildman–Crippen MR) is 90.2 cm³/mol. The number of hydrogen-bond donors (Lipinski definition) is 1. The summed E-state index contributed by atoms with van der Waals surface area (Å²) in [5.74, 6) is 0.659. The van der Waals surface area contributed by atoms with E-state index < -0.39 is 0 Å². The van der Waals surface area contributed by atoms with Gasteiger partial charge in [-0.25, -0.2) is 0 Å². The van der Waals surface area contributed by atoms with Gasteiger partial charge >= 0.3 is 0 Å². The molecule has 1 heterocycles. The first kappa shape index (κ1) is 15.2. The fourth-order valence-corrected chi connectivity index (χ4v) is 2.79. The number of ether oxygens (including phenoxy) is 1. The molecule has 0 unspecified atom stereocenters. The van der Waals surface area contributed by atoms with Gasteiger partial charge in [0.25, 0.3) is 5.91 Å². The zero-order chi connectivity index (χ0) is 16.1. The molecular weight excluding hydrogens is 310 g/mol. The van der Waals surface area contributed by atoms with Crippen LogP contribution in [0.15, 0.2) is 81.1 Å². The third-order valence-corrected chi connectivity index (χ3v) is 4.02. The van der Waals surface area contributed by atoms with E-state index in [0.29, 0.717) is 16.5 Å². The summed E-state index contributed by atoms with van der Waals surface area (Å²) in [6, 6.07) is 20.5. The topological polar surface area (TPSA) is 51.5 Å². The average molecular weight is 325 g/mol. The SMILES string of the molecule is COc1cccc(NC(=O)c2ccc(Sc3ccccc3)o2)c1. The maximum atomic E-state index is 12.2. The van der Waals surface area contributed by atoms with Crippen molar-refractivity contribution in [2.45, 2.75) is 9.99 Å². The van der Waals surface area contributed by atoms with Gasteiger partial charge in [-0.3, -0.25) is 4.79 Å². The van der Waals surface area contributed by atoms with Crippen molar-refractivity contribution in [3.8, 4) is 5.75 Å². The van der Waals surface area contributed by atoms with E-state index in [-0.39, 0.29) is 11.7 Å². The molecule has 23 heavy (non-hydrogen) atoms. The molecule has 3 aromatic rings. The van der Waals surface area contributed by atoms with E-state index in [1.54, 1.807) is 31.4 Å². The van der Waals surface area contributed by atoms with Crippen molar-refractivity contribution in [1.29, 1.82) is 0 Å². The van der Waals surface area contributed by atoms with Crippen molar-refractivity contribution in [1.82, 2.24) is 0 Å². The van der Waals surface area contributed by atoms with Crippen molar-refractivity contribution in [2.75, 3.05) is 12.4 Å². The van der Waals surface area contributed by atoms with Crippen LogP contribution in [-0.2, 0) is 0 Å². The van der Waals surface area contributed by atoms with Crippen molar-refractivity contribution in [2.24, 2.45) is 0 Å². The van der Waals surface area contributed by atoms with Crippen LogP contribution in [0.1, 0.15) is 10.6 Å². The second-order valence-electron chi connectivity index (χ2n) is 4.72. The number of rotatable bonds is 5. The summed E-state index contributed by atoms with van der Waals surface area (Å²) in [5.41, 5.74) is 0.656. The summed E-state index contributed by atoms with van der Waals surface area (Å²) in [4.78, 5) is 13.3. The minimum atomic E-state index is -0.293. The molecule has 0 atom stereocenters. The first-order valence-corrected chi connectivity index (χ1v) is 7.84. The molecule has 0 radical (unpaired) electrons. The van der Waals surface area contributed by atoms with Crippen molar-refractivity contribution in [3.63, 3.8) is 0 Å². The van der Waals surface area contributed by atoms with Gasteiger partial charge < -0.3 is 14.5 Å². The number of nitrogens with one attached hydrogen (secondary N) is 1. The Morgan fingerprint density at radius 1 is 1.04 bits per heavy atom. The summed E-state index contributed by atoms with van der Waals surface area (Å²) < 4.78 is 10.7. The van der Waals surface area contributed by atoms with E-state index >= 15 is 0 Å². The molecule has 0 aliphatic rings. The van der Waals surface area contributed by atoms with Gasteiger partial charge in [0.1, 0.15) is 5.75 Å². The quantitative estimate of drug-likeness (QED) is 0.739. The lowest BCUT2D eigenvalue weighted by Gasteiger charge is -2.05. The summed E-state index contributed by atoms with van der Waals surface area (Å²) in [6.45, 7) is 0. The summed E-state index contributed by atoms with van der Waals surface area (Å²) in [7, 11) is 1.58. The molecule has 4 nitrogen and oxygen atoms in total. The number of amides is 1. The molecule has 0 bridgehead atoms. The molecule has 0 saturated carbocycles. The molecule has 0 aliphatic carbocycles. The van der Waals surface area contributed by atoms with Crippen LogP contribution in [0.4, 0.5) is 5.69 Å². The highest BCUT2D eigenvalue weighted by atomic mass is 32.2. The molecule has 0 saturated heterocycles. The highest BCUT2D eigenvalue weighted by Gasteiger charge is 2.12. The first-order chi connectivity index (χ1) is 11.2. The summed E-state index contributed by atoms with van der Waals surface area (Å²) in [6.07, 6.45) is 0. The number of hydrogen-bond acceptors (Lipinski definition) is 4. The molecule has 1 amide bonds. The van der Waals surface area contributed by atoms with E-state index in [1.807, 2.05) is 42.5 Å². The standard InChI is InChI=1S/C18H15NO3S/c1-21-14-7-5-6-13(12-14)19-18(20)16-10-11-17(22-16)23-15-8-3-2-4-9-15/h2-12H,1H3,(H,19,20). The summed E-state index contributed by atoms with van der Waals surface area (Å²) in [5, 5.41) is 3.46. The molecule has 0 spiro atoms. The second-order valence-corrected chi connectivity index (χ2v) is 5.80. The van der Waals surface area contributed by atoms with E-state index in [0.717, 1.165) is 4.90 Å². The fourth-order valence-electron chi connectivity index (χ4n) is 2.00. The zero-order valence-corrected chi connectivity index (χ0v) is 13.3. The second kappa shape index (κ2) is 7.07. The van der Waals surface area contributed by atoms with E-state index in [4.69, 9.17) is 9.15 Å². The lowest BCUT2D eigenvalue weighted by Crippen LogP contribution is -2.10. The van der Waals surface area contributed by atoms with Gasteiger partial charge in [-0.1, -0.05) is 36.0 Å². The number of carbonyl (C=O) groups excluding carboxylic acids is 1. The van der Waals surface area contributed by atoms with Crippen LogP contribution in [0.3, 0.4) is 0 Å². The molecule has 116 valence electrons. The highest BCUT2D eigenvalue weighted by Crippen LogP contribution is 2.29. The van der Waals surface area contributed by atoms with Gasteiger partial charge in [0.15, 0.2) is 10.9 Å². The Morgan fingerprint density at radius 3 is 2.65 bits per heavy atom. The average Bonchev–Trinajstić information content (AvgIpc) is 3.04. The minimum Gasteiger partial charge on any atom is -0.497 e. The van der Waals surface area contributed by atoms with Crippen molar-refractivity contribution < 1.29 is 13.9 Å². The van der Waals surface area contributed by atoms with Crippen LogP contribution >= 0.6 is 11.8 Å². The Labute approximate surface area is 138 Å². The van der Waals surface area contributed by atoms with Gasteiger partial charge in [0.05, 0.1) is 7.11 Å². The Morgan fingerprint density at radius 2 is 1.87 bits per heavy atom. The van der Waals surface area contributed by atoms with Gasteiger partial charge in [-0.2, -0.15) is 0 Å². The summed E-state index contributed by atoms with van der Waals surface area (Å²) >= 11 is 1.47. The normalized spacial score (nSPS) is 10.3. The molecule has 1 N–H and O–H groups in total. The Hall–Kier alpha value is -2.66. The van der Waals surface area contributed by atoms with Crippen LogP contribution in [0, 0.1) is 0 Å². The smallest absolute Gasteiger partial charge is 0.291 e. The highest BCUT2D eigenvalue weighted by molar-refractivity contribution is 7.99. The molecule has 1 aromatic heterocycles. The van der Waals surface area contributed by atoms with E-state index in [2.05, 4.69) is 5.32 Å². The fraction of sp³-hybridized carbons (Fsp3) is 0.0556. The molecule has 0 aliphatic heterocycles. The zero-order valence-electron chi connectivity index (χ0n) is 12.5. The molecule has 2 aromatic carbocycles. The van der Waals surface area contributed by atoms with Crippen LogP contribution in [0.2, 0.25) is 0 Å². The monoisotopic (exact) mass is 325 g/mol. The van der Waals surface area contributed by atoms with Crippen molar-refractivity contribution >= 4 is 23.4 Å². The number of anilines is 1. The van der Waals surface area contributed by atoms with Gasteiger partial charge in [-0.15, -0.1) is 0 Å². The van der Waals surface area contributed by atoms with E-state index in [9.17, 15) is 4.79 Å². The van der Waals surface area contributed by atoms with Gasteiger partial charge in [0, 0.05) is 16.6 Å². The Balaban J connectivity index is 1.68. The minimum absolute atomic E-state index is 0.270. The van der Waals surface area contributed by atoms with Gasteiger partial charge in [-0.05, 0) is 36.4 Å². The number of methoxy groups -OCH3 is 1. The van der Waals surface area contributed by atoms with Gasteiger partial charge in [0.2, 0.25) is 0 Å².